The molecule has 0 aromatic heterocycles. The summed E-state index contributed by atoms with van der Waals surface area (Å²) >= 11 is 0. The third kappa shape index (κ3) is 3.59. The molecule has 1 amide bonds. The van der Waals surface area contributed by atoms with E-state index in [0.717, 1.165) is 32.2 Å². The van der Waals surface area contributed by atoms with Crippen molar-refractivity contribution in [1.29, 1.82) is 0 Å². The van der Waals surface area contributed by atoms with Gasteiger partial charge in [0.2, 0.25) is 5.91 Å². The first kappa shape index (κ1) is 13.2. The van der Waals surface area contributed by atoms with Crippen molar-refractivity contribution < 1.29 is 9.59 Å². The zero-order valence-electron chi connectivity index (χ0n) is 10.4. The van der Waals surface area contributed by atoms with Gasteiger partial charge in [-0.1, -0.05) is 0 Å². The molecule has 0 aromatic rings. The molecule has 4 nitrogen and oxygen atoms in total. The van der Waals surface area contributed by atoms with Crippen LogP contribution in [0.15, 0.2) is 0 Å². The van der Waals surface area contributed by atoms with Crippen LogP contribution in [0.5, 0.6) is 0 Å². The van der Waals surface area contributed by atoms with E-state index in [-0.39, 0.29) is 23.9 Å². The number of carbonyl (C=O) groups excluding carboxylic acids is 2. The van der Waals surface area contributed by atoms with Crippen LogP contribution in [0, 0.1) is 5.92 Å². The molecule has 92 valence electrons. The molecule has 4 heteroatoms. The van der Waals surface area contributed by atoms with Crippen molar-refractivity contribution in [2.45, 2.75) is 45.7 Å². The van der Waals surface area contributed by atoms with Gasteiger partial charge in [0.05, 0.1) is 6.04 Å². The van der Waals surface area contributed by atoms with Crippen LogP contribution in [0.4, 0.5) is 0 Å². The summed E-state index contributed by atoms with van der Waals surface area (Å²) in [5, 5.41) is 2.90. The van der Waals surface area contributed by atoms with Gasteiger partial charge in [0.15, 0.2) is 0 Å². The van der Waals surface area contributed by atoms with Crippen LogP contribution in [0.3, 0.4) is 0 Å². The molecule has 1 aliphatic rings. The van der Waals surface area contributed by atoms with E-state index < -0.39 is 0 Å². The van der Waals surface area contributed by atoms with Crippen molar-refractivity contribution >= 4 is 12.2 Å². The van der Waals surface area contributed by atoms with Gasteiger partial charge in [0, 0.05) is 18.5 Å². The Morgan fingerprint density at radius 3 is 2.69 bits per heavy atom. The molecule has 0 aliphatic carbocycles. The Balaban J connectivity index is 2.49. The summed E-state index contributed by atoms with van der Waals surface area (Å²) < 4.78 is 0. The van der Waals surface area contributed by atoms with Crippen molar-refractivity contribution in [2.75, 3.05) is 13.1 Å². The summed E-state index contributed by atoms with van der Waals surface area (Å²) in [7, 11) is 0. The normalized spacial score (nSPS) is 24.1. The maximum absolute atomic E-state index is 11.8. The van der Waals surface area contributed by atoms with Crippen molar-refractivity contribution in [3.8, 4) is 0 Å². The number of piperidine rings is 1. The fraction of sp³-hybridized carbons (Fsp3) is 0.833. The number of rotatable bonds is 4. The zero-order chi connectivity index (χ0) is 12.1. The quantitative estimate of drug-likeness (QED) is 0.722. The van der Waals surface area contributed by atoms with E-state index in [2.05, 4.69) is 10.2 Å². The minimum Gasteiger partial charge on any atom is -0.353 e. The second-order valence-corrected chi connectivity index (χ2v) is 4.87. The average Bonchev–Trinajstić information content (AvgIpc) is 2.27. The fourth-order valence-electron chi connectivity index (χ4n) is 2.07. The summed E-state index contributed by atoms with van der Waals surface area (Å²) in [6, 6.07) is 0.0340. The zero-order valence-corrected chi connectivity index (χ0v) is 10.4. The first-order valence-corrected chi connectivity index (χ1v) is 6.04. The number of aldehydes is 1. The molecule has 1 fully saturated rings. The lowest BCUT2D eigenvalue weighted by Gasteiger charge is -2.34. The molecule has 2 unspecified atom stereocenters. The Kier molecular flexibility index (Phi) is 4.93. The van der Waals surface area contributed by atoms with Crippen LogP contribution in [0.2, 0.25) is 0 Å². The molecule has 1 N–H and O–H groups in total. The largest absolute Gasteiger partial charge is 0.353 e. The maximum atomic E-state index is 11.8. The lowest BCUT2D eigenvalue weighted by Crippen LogP contribution is -2.50. The first-order chi connectivity index (χ1) is 7.54. The van der Waals surface area contributed by atoms with Crippen LogP contribution in [-0.4, -0.2) is 42.3 Å². The highest BCUT2D eigenvalue weighted by Gasteiger charge is 2.27. The van der Waals surface area contributed by atoms with Gasteiger partial charge < -0.3 is 10.1 Å². The van der Waals surface area contributed by atoms with E-state index in [1.165, 1.54) is 0 Å². The molecular formula is C12H22N2O2. The maximum Gasteiger partial charge on any atom is 0.237 e. The predicted molar refractivity (Wildman–Crippen MR) is 63.1 cm³/mol. The highest BCUT2D eigenvalue weighted by molar-refractivity contribution is 5.81. The number of hydrogen-bond acceptors (Lipinski definition) is 3. The standard InChI is InChI=1S/C12H22N2O2/c1-9(2)13-12(16)10(3)14-6-4-5-11(7-14)8-15/h8-11H,4-7H2,1-3H3,(H,13,16). The molecule has 2 atom stereocenters. The summed E-state index contributed by atoms with van der Waals surface area (Å²) in [4.78, 5) is 24.7. The second-order valence-electron chi connectivity index (χ2n) is 4.87. The molecule has 0 radical (unpaired) electrons. The number of nitrogens with one attached hydrogen (secondary N) is 1. The smallest absolute Gasteiger partial charge is 0.237 e. The summed E-state index contributed by atoms with van der Waals surface area (Å²) in [5.74, 6) is 0.157. The topological polar surface area (TPSA) is 49.4 Å². The van der Waals surface area contributed by atoms with Crippen LogP contribution in [0.25, 0.3) is 0 Å². The Hall–Kier alpha value is -0.900. The molecular weight excluding hydrogens is 204 g/mol. The molecule has 1 heterocycles. The second kappa shape index (κ2) is 5.99. The number of carbonyl (C=O) groups is 2. The van der Waals surface area contributed by atoms with E-state index in [0.29, 0.717) is 0 Å². The van der Waals surface area contributed by atoms with Crippen LogP contribution < -0.4 is 5.32 Å². The van der Waals surface area contributed by atoms with E-state index in [4.69, 9.17) is 0 Å². The van der Waals surface area contributed by atoms with Gasteiger partial charge >= 0.3 is 0 Å². The lowest BCUT2D eigenvalue weighted by molar-refractivity contribution is -0.128. The predicted octanol–water partition coefficient (Wildman–Crippen LogP) is 0.810. The molecule has 0 bridgehead atoms. The van der Waals surface area contributed by atoms with Crippen molar-refractivity contribution in [3.05, 3.63) is 0 Å². The highest BCUT2D eigenvalue weighted by atomic mass is 16.2. The average molecular weight is 226 g/mol. The summed E-state index contributed by atoms with van der Waals surface area (Å²) in [5.41, 5.74) is 0. The molecule has 16 heavy (non-hydrogen) atoms. The van der Waals surface area contributed by atoms with Crippen LogP contribution >= 0.6 is 0 Å². The monoisotopic (exact) mass is 226 g/mol. The van der Waals surface area contributed by atoms with E-state index in [1.54, 1.807) is 0 Å². The van der Waals surface area contributed by atoms with Crippen LogP contribution in [-0.2, 0) is 9.59 Å². The SMILES string of the molecule is CC(C)NC(=O)C(C)N1CCCC(C=O)C1. The minimum absolute atomic E-state index is 0.0570. The van der Waals surface area contributed by atoms with Crippen LogP contribution in [0.1, 0.15) is 33.6 Å². The summed E-state index contributed by atoms with van der Waals surface area (Å²) in [6.07, 6.45) is 2.97. The van der Waals surface area contributed by atoms with Crippen molar-refractivity contribution in [2.24, 2.45) is 5.92 Å². The van der Waals surface area contributed by atoms with Gasteiger partial charge in [-0.2, -0.15) is 0 Å². The Morgan fingerprint density at radius 2 is 2.12 bits per heavy atom. The third-order valence-electron chi connectivity index (χ3n) is 3.04. The number of likely N-dealkylation sites (tertiary alicyclic amines) is 1. The number of amides is 1. The van der Waals surface area contributed by atoms with Crippen molar-refractivity contribution in [3.63, 3.8) is 0 Å². The minimum atomic E-state index is -0.134. The van der Waals surface area contributed by atoms with Gasteiger partial charge in [0.25, 0.3) is 0 Å². The van der Waals surface area contributed by atoms with Gasteiger partial charge in [-0.25, -0.2) is 0 Å². The Bertz CT molecular complexity index is 253. The Labute approximate surface area is 97.4 Å². The lowest BCUT2D eigenvalue weighted by atomic mass is 9.98. The molecule has 0 saturated carbocycles. The molecule has 1 rings (SSSR count). The van der Waals surface area contributed by atoms with Gasteiger partial charge in [-0.05, 0) is 40.2 Å². The fourth-order valence-corrected chi connectivity index (χ4v) is 2.07. The first-order valence-electron chi connectivity index (χ1n) is 6.04. The van der Waals surface area contributed by atoms with E-state index in [9.17, 15) is 9.59 Å². The number of hydrogen-bond donors (Lipinski definition) is 1. The Morgan fingerprint density at radius 1 is 1.44 bits per heavy atom. The highest BCUT2D eigenvalue weighted by Crippen LogP contribution is 2.16. The van der Waals surface area contributed by atoms with E-state index in [1.807, 2.05) is 20.8 Å². The molecule has 1 aliphatic heterocycles. The van der Waals surface area contributed by atoms with Gasteiger partial charge in [-0.15, -0.1) is 0 Å². The molecule has 0 spiro atoms. The number of nitrogens with zero attached hydrogens (tertiary/aromatic N) is 1. The van der Waals surface area contributed by atoms with E-state index >= 15 is 0 Å². The van der Waals surface area contributed by atoms with Gasteiger partial charge in [-0.3, -0.25) is 9.69 Å². The molecule has 1 saturated heterocycles. The third-order valence-corrected chi connectivity index (χ3v) is 3.04. The summed E-state index contributed by atoms with van der Waals surface area (Å²) in [6.45, 7) is 7.45. The molecule has 0 aromatic carbocycles. The van der Waals surface area contributed by atoms with Crippen molar-refractivity contribution in [1.82, 2.24) is 10.2 Å². The van der Waals surface area contributed by atoms with Gasteiger partial charge in [0.1, 0.15) is 6.29 Å².